The molecule has 1 aromatic carbocycles. The van der Waals surface area contributed by atoms with Gasteiger partial charge < -0.3 is 9.64 Å². The van der Waals surface area contributed by atoms with Crippen molar-refractivity contribution >= 4 is 16.9 Å². The van der Waals surface area contributed by atoms with Crippen molar-refractivity contribution in [2.75, 3.05) is 13.2 Å². The third-order valence-electron chi connectivity index (χ3n) is 3.71. The predicted octanol–water partition coefficient (Wildman–Crippen LogP) is 2.07. The lowest BCUT2D eigenvalue weighted by Crippen LogP contribution is -2.34. The van der Waals surface area contributed by atoms with Crippen LogP contribution in [0.2, 0.25) is 0 Å². The smallest absolute Gasteiger partial charge is 0.256 e. The molecular weight excluding hydrogens is 254 g/mol. The molecule has 0 bridgehead atoms. The second-order valence-corrected chi connectivity index (χ2v) is 5.07. The van der Waals surface area contributed by atoms with Crippen LogP contribution in [0, 0.1) is 13.8 Å². The fourth-order valence-electron chi connectivity index (χ4n) is 2.39. The fourth-order valence-corrected chi connectivity index (χ4v) is 2.39. The highest BCUT2D eigenvalue weighted by atomic mass is 16.5. The van der Waals surface area contributed by atoms with E-state index in [1.54, 1.807) is 11.0 Å². The molecule has 2 aromatic rings. The molecule has 1 aliphatic rings. The molecule has 1 atom stereocenters. The lowest BCUT2D eigenvalue weighted by molar-refractivity contribution is 0.0378. The molecule has 0 aliphatic carbocycles. The van der Waals surface area contributed by atoms with Gasteiger partial charge in [0, 0.05) is 12.1 Å². The number of aromatic nitrogens is 2. The summed E-state index contributed by atoms with van der Waals surface area (Å²) in [4.78, 5) is 23.2. The van der Waals surface area contributed by atoms with E-state index < -0.39 is 0 Å². The van der Waals surface area contributed by atoms with E-state index in [2.05, 4.69) is 9.97 Å². The lowest BCUT2D eigenvalue weighted by atomic mass is 10.1. The lowest BCUT2D eigenvalue weighted by Gasteiger charge is -2.19. The Bertz CT molecular complexity index is 684. The van der Waals surface area contributed by atoms with E-state index in [1.807, 2.05) is 32.9 Å². The monoisotopic (exact) mass is 271 g/mol. The zero-order valence-corrected chi connectivity index (χ0v) is 11.9. The van der Waals surface area contributed by atoms with E-state index in [-0.39, 0.29) is 12.1 Å². The van der Waals surface area contributed by atoms with Crippen LogP contribution in [0.5, 0.6) is 0 Å². The first-order chi connectivity index (χ1) is 9.56. The zero-order valence-electron chi connectivity index (χ0n) is 11.9. The number of amides is 1. The Morgan fingerprint density at radius 1 is 1.25 bits per heavy atom. The first-order valence-electron chi connectivity index (χ1n) is 6.74. The predicted molar refractivity (Wildman–Crippen MR) is 75.5 cm³/mol. The van der Waals surface area contributed by atoms with Crippen molar-refractivity contribution in [3.05, 3.63) is 35.2 Å². The Labute approximate surface area is 117 Å². The van der Waals surface area contributed by atoms with Crippen molar-refractivity contribution in [3.8, 4) is 0 Å². The van der Waals surface area contributed by atoms with Gasteiger partial charge in [0.25, 0.3) is 5.91 Å². The van der Waals surface area contributed by atoms with Crippen molar-refractivity contribution in [1.82, 2.24) is 14.9 Å². The Morgan fingerprint density at radius 2 is 1.95 bits per heavy atom. The highest BCUT2D eigenvalue weighted by molar-refractivity contribution is 5.97. The van der Waals surface area contributed by atoms with Gasteiger partial charge in [0.2, 0.25) is 0 Å². The Morgan fingerprint density at radius 3 is 2.60 bits per heavy atom. The summed E-state index contributed by atoms with van der Waals surface area (Å²) in [6, 6.07) is 5.46. The van der Waals surface area contributed by atoms with Gasteiger partial charge in [-0.1, -0.05) is 0 Å². The molecule has 2 heterocycles. The van der Waals surface area contributed by atoms with Crippen molar-refractivity contribution in [2.24, 2.45) is 0 Å². The summed E-state index contributed by atoms with van der Waals surface area (Å²) >= 11 is 0. The minimum absolute atomic E-state index is 0.0167. The van der Waals surface area contributed by atoms with E-state index in [0.29, 0.717) is 18.7 Å². The first kappa shape index (κ1) is 13.0. The van der Waals surface area contributed by atoms with E-state index in [1.165, 1.54) is 0 Å². The van der Waals surface area contributed by atoms with Gasteiger partial charge in [-0.25, -0.2) is 9.97 Å². The molecule has 1 unspecified atom stereocenters. The molecule has 104 valence electrons. The summed E-state index contributed by atoms with van der Waals surface area (Å²) in [5.74, 6) is -0.0167. The van der Waals surface area contributed by atoms with Crippen molar-refractivity contribution in [2.45, 2.75) is 27.0 Å². The molecule has 1 amide bonds. The number of benzene rings is 1. The van der Waals surface area contributed by atoms with Crippen LogP contribution in [0.25, 0.3) is 11.0 Å². The highest BCUT2D eigenvalue weighted by Crippen LogP contribution is 2.18. The molecule has 0 N–H and O–H groups in total. The van der Waals surface area contributed by atoms with Crippen LogP contribution >= 0.6 is 0 Å². The maximum absolute atomic E-state index is 12.5. The Kier molecular flexibility index (Phi) is 3.14. The highest BCUT2D eigenvalue weighted by Gasteiger charge is 2.26. The molecule has 5 nitrogen and oxygen atoms in total. The molecular formula is C15H17N3O2. The van der Waals surface area contributed by atoms with Crippen LogP contribution in [-0.2, 0) is 4.74 Å². The number of ether oxygens (including phenoxy) is 1. The molecule has 5 heteroatoms. The minimum Gasteiger partial charge on any atom is -0.357 e. The normalized spacial score (nSPS) is 18.8. The van der Waals surface area contributed by atoms with Crippen LogP contribution in [0.3, 0.4) is 0 Å². The van der Waals surface area contributed by atoms with E-state index in [0.717, 1.165) is 22.4 Å². The number of rotatable bonds is 1. The number of nitrogens with zero attached hydrogens (tertiary/aromatic N) is 3. The van der Waals surface area contributed by atoms with Gasteiger partial charge in [-0.3, -0.25) is 4.79 Å². The average Bonchev–Trinajstić information content (AvgIpc) is 2.85. The topological polar surface area (TPSA) is 55.3 Å². The molecule has 20 heavy (non-hydrogen) atoms. The van der Waals surface area contributed by atoms with Gasteiger partial charge in [-0.05, 0) is 39.0 Å². The van der Waals surface area contributed by atoms with Gasteiger partial charge >= 0.3 is 0 Å². The van der Waals surface area contributed by atoms with E-state index in [4.69, 9.17) is 4.74 Å². The molecule has 1 saturated heterocycles. The summed E-state index contributed by atoms with van der Waals surface area (Å²) in [7, 11) is 0. The Balaban J connectivity index is 2.00. The van der Waals surface area contributed by atoms with E-state index >= 15 is 0 Å². The third-order valence-corrected chi connectivity index (χ3v) is 3.71. The van der Waals surface area contributed by atoms with Gasteiger partial charge in [-0.15, -0.1) is 0 Å². The molecule has 1 fully saturated rings. The second kappa shape index (κ2) is 4.83. The summed E-state index contributed by atoms with van der Waals surface area (Å²) in [5, 5.41) is 0. The van der Waals surface area contributed by atoms with Crippen LogP contribution < -0.4 is 0 Å². The van der Waals surface area contributed by atoms with Crippen LogP contribution in [-0.4, -0.2) is 40.2 Å². The van der Waals surface area contributed by atoms with Crippen molar-refractivity contribution in [1.29, 1.82) is 0 Å². The number of aryl methyl sites for hydroxylation is 2. The summed E-state index contributed by atoms with van der Waals surface area (Å²) in [6.45, 7) is 6.98. The van der Waals surface area contributed by atoms with Crippen LogP contribution in [0.1, 0.15) is 28.7 Å². The van der Waals surface area contributed by atoms with E-state index in [9.17, 15) is 4.79 Å². The Hall–Kier alpha value is -2.01. The van der Waals surface area contributed by atoms with Crippen molar-refractivity contribution < 1.29 is 9.53 Å². The second-order valence-electron chi connectivity index (χ2n) is 5.07. The number of carbonyl (C=O) groups is 1. The molecule has 0 spiro atoms. The van der Waals surface area contributed by atoms with Crippen LogP contribution in [0.4, 0.5) is 0 Å². The van der Waals surface area contributed by atoms with Gasteiger partial charge in [0.15, 0.2) is 0 Å². The third kappa shape index (κ3) is 2.14. The summed E-state index contributed by atoms with van der Waals surface area (Å²) in [6.07, 6.45) is -0.163. The quantitative estimate of drug-likeness (QED) is 0.796. The molecule has 0 radical (unpaired) electrons. The number of hydrogen-bond donors (Lipinski definition) is 0. The SMILES string of the molecule is Cc1nc2ccc(C(=O)N3CCOC3C)cc2nc1C. The zero-order chi connectivity index (χ0) is 14.3. The standard InChI is InChI=1S/C15H17N3O2/c1-9-10(2)17-14-8-12(4-5-13(14)16-9)15(19)18-6-7-20-11(18)3/h4-5,8,11H,6-7H2,1-3H3. The summed E-state index contributed by atoms with van der Waals surface area (Å²) < 4.78 is 5.41. The van der Waals surface area contributed by atoms with Crippen molar-refractivity contribution in [3.63, 3.8) is 0 Å². The molecule has 1 aliphatic heterocycles. The fraction of sp³-hybridized carbons (Fsp3) is 0.400. The van der Waals surface area contributed by atoms with Gasteiger partial charge in [0.05, 0.1) is 29.0 Å². The maximum atomic E-state index is 12.5. The molecule has 0 saturated carbocycles. The van der Waals surface area contributed by atoms with Gasteiger partial charge in [-0.2, -0.15) is 0 Å². The average molecular weight is 271 g/mol. The van der Waals surface area contributed by atoms with Gasteiger partial charge in [0.1, 0.15) is 6.23 Å². The molecule has 1 aromatic heterocycles. The number of fused-ring (bicyclic) bond motifs is 1. The minimum atomic E-state index is -0.163. The maximum Gasteiger partial charge on any atom is 0.256 e. The van der Waals surface area contributed by atoms with Crippen LogP contribution in [0.15, 0.2) is 18.2 Å². The number of carbonyl (C=O) groups excluding carboxylic acids is 1. The molecule has 3 rings (SSSR count). The number of hydrogen-bond acceptors (Lipinski definition) is 4. The largest absolute Gasteiger partial charge is 0.357 e. The first-order valence-corrected chi connectivity index (χ1v) is 6.74. The summed E-state index contributed by atoms with van der Waals surface area (Å²) in [5.41, 5.74) is 4.01.